The van der Waals surface area contributed by atoms with Gasteiger partial charge in [-0.2, -0.15) is 0 Å². The van der Waals surface area contributed by atoms with Crippen LogP contribution < -0.4 is 11.1 Å². The van der Waals surface area contributed by atoms with Crippen molar-refractivity contribution in [3.8, 4) is 0 Å². The minimum atomic E-state index is -0.0342. The fraction of sp³-hybridized carbons (Fsp3) is 0.875. The van der Waals surface area contributed by atoms with Gasteiger partial charge < -0.3 is 20.5 Å². The lowest BCUT2D eigenvalue weighted by Gasteiger charge is -2.07. The number of nitrogens with two attached hydrogens (primary N) is 1. The summed E-state index contributed by atoms with van der Waals surface area (Å²) in [6.07, 6.45) is 0. The van der Waals surface area contributed by atoms with E-state index in [4.69, 9.17) is 15.2 Å². The van der Waals surface area contributed by atoms with Crippen molar-refractivity contribution < 1.29 is 14.3 Å². The van der Waals surface area contributed by atoms with Gasteiger partial charge in [-0.1, -0.05) is 45.2 Å². The average Bonchev–Trinajstić information content (AvgIpc) is 2.21. The van der Waals surface area contributed by atoms with Crippen molar-refractivity contribution in [3.63, 3.8) is 0 Å². The molecule has 0 aromatic carbocycles. The van der Waals surface area contributed by atoms with Gasteiger partial charge in [-0.15, -0.1) is 0 Å². The number of ether oxygens (including phenoxy) is 2. The van der Waals surface area contributed by atoms with Crippen molar-refractivity contribution in [1.82, 2.24) is 5.32 Å². The summed E-state index contributed by atoms with van der Waals surface area (Å²) in [5.74, 6) is 0.0270. The van der Waals surface area contributed by atoms with E-state index in [1.54, 1.807) is 0 Å². The van der Waals surface area contributed by atoms with Crippen LogP contribution >= 0.6 is 45.2 Å². The highest BCUT2D eigenvalue weighted by Crippen LogP contribution is 2.08. The molecule has 5 nitrogen and oxygen atoms in total. The third kappa shape index (κ3) is 11.1. The predicted octanol–water partition coefficient (Wildman–Crippen LogP) is 0.291. The van der Waals surface area contributed by atoms with Gasteiger partial charge in [0, 0.05) is 13.1 Å². The second kappa shape index (κ2) is 11.3. The van der Waals surface area contributed by atoms with Crippen LogP contribution in [0, 0.1) is 0 Å². The molecule has 0 aliphatic heterocycles. The zero-order valence-electron chi connectivity index (χ0n) is 8.38. The van der Waals surface area contributed by atoms with E-state index < -0.39 is 0 Å². The molecule has 1 amide bonds. The predicted molar refractivity (Wildman–Crippen MR) is 75.5 cm³/mol. The van der Waals surface area contributed by atoms with Crippen molar-refractivity contribution in [2.24, 2.45) is 5.73 Å². The maximum absolute atomic E-state index is 11.1. The Morgan fingerprint density at radius 3 is 2.33 bits per heavy atom. The standard InChI is InChI=1S/C8H16I2N2O3/c9-7(10)8(13)12-2-4-15-6-5-14-3-1-11/h7H,1-6,11H2,(H,12,13). The summed E-state index contributed by atoms with van der Waals surface area (Å²) in [6.45, 7) is 3.23. The molecule has 0 saturated carbocycles. The van der Waals surface area contributed by atoms with E-state index in [9.17, 15) is 4.79 Å². The maximum atomic E-state index is 11.1. The normalized spacial score (nSPS) is 10.7. The molecule has 0 unspecified atom stereocenters. The number of halogens is 2. The zero-order valence-corrected chi connectivity index (χ0v) is 12.7. The molecule has 0 heterocycles. The van der Waals surface area contributed by atoms with Crippen LogP contribution in [0.1, 0.15) is 0 Å². The second-order valence-corrected chi connectivity index (χ2v) is 7.48. The average molecular weight is 442 g/mol. The molecule has 0 aliphatic rings. The van der Waals surface area contributed by atoms with Gasteiger partial charge in [0.25, 0.3) is 0 Å². The van der Waals surface area contributed by atoms with Gasteiger partial charge in [0.2, 0.25) is 5.91 Å². The fourth-order valence-electron chi connectivity index (χ4n) is 0.729. The number of carbonyl (C=O) groups is 1. The van der Waals surface area contributed by atoms with E-state index >= 15 is 0 Å². The van der Waals surface area contributed by atoms with Crippen LogP contribution in [0.25, 0.3) is 0 Å². The molecular weight excluding hydrogens is 426 g/mol. The van der Waals surface area contributed by atoms with Gasteiger partial charge >= 0.3 is 0 Å². The molecule has 15 heavy (non-hydrogen) atoms. The van der Waals surface area contributed by atoms with Gasteiger partial charge in [-0.05, 0) is 0 Å². The van der Waals surface area contributed by atoms with E-state index in [2.05, 4.69) is 50.5 Å². The van der Waals surface area contributed by atoms with Gasteiger partial charge in [0.1, 0.15) is 1.93 Å². The summed E-state index contributed by atoms with van der Waals surface area (Å²) in [7, 11) is 0. The highest BCUT2D eigenvalue weighted by atomic mass is 127. The van der Waals surface area contributed by atoms with Gasteiger partial charge in [0.15, 0.2) is 0 Å². The molecule has 0 bridgehead atoms. The first kappa shape index (κ1) is 15.8. The number of carbonyl (C=O) groups excluding carboxylic acids is 1. The van der Waals surface area contributed by atoms with Crippen molar-refractivity contribution in [2.75, 3.05) is 39.5 Å². The second-order valence-electron chi connectivity index (χ2n) is 2.61. The summed E-state index contributed by atoms with van der Waals surface area (Å²) >= 11 is 4.11. The van der Waals surface area contributed by atoms with Crippen LogP contribution in [0.15, 0.2) is 0 Å². The lowest BCUT2D eigenvalue weighted by molar-refractivity contribution is -0.118. The molecule has 0 aliphatic carbocycles. The maximum Gasteiger partial charge on any atom is 0.243 e. The fourth-order valence-corrected chi connectivity index (χ4v) is 1.17. The van der Waals surface area contributed by atoms with Gasteiger partial charge in [0.05, 0.1) is 26.4 Å². The number of hydrogen-bond donors (Lipinski definition) is 2. The number of nitrogens with one attached hydrogen (secondary N) is 1. The highest BCUT2D eigenvalue weighted by molar-refractivity contribution is 14.2. The Morgan fingerprint density at radius 1 is 1.20 bits per heavy atom. The molecule has 0 radical (unpaired) electrons. The number of alkyl halides is 2. The molecule has 0 rings (SSSR count). The molecule has 0 aromatic rings. The Hall–Kier alpha value is 0.810. The Morgan fingerprint density at radius 2 is 1.80 bits per heavy atom. The minimum Gasteiger partial charge on any atom is -0.378 e. The van der Waals surface area contributed by atoms with E-state index in [0.29, 0.717) is 39.5 Å². The molecule has 3 N–H and O–H groups in total. The Balaban J connectivity index is 3.08. The number of rotatable bonds is 9. The van der Waals surface area contributed by atoms with Gasteiger partial charge in [-0.3, -0.25) is 4.79 Å². The Kier molecular flexibility index (Phi) is 11.9. The van der Waals surface area contributed by atoms with Crippen LogP contribution in [0.2, 0.25) is 0 Å². The quantitative estimate of drug-likeness (QED) is 0.306. The van der Waals surface area contributed by atoms with Crippen molar-refractivity contribution >= 4 is 51.1 Å². The Labute approximate surface area is 117 Å². The molecule has 0 fully saturated rings. The number of amides is 1. The van der Waals surface area contributed by atoms with Crippen LogP contribution in [0.5, 0.6) is 0 Å². The molecule has 0 aromatic heterocycles. The first-order chi connectivity index (χ1) is 7.18. The lowest BCUT2D eigenvalue weighted by Crippen LogP contribution is -2.31. The minimum absolute atomic E-state index is 0.0270. The Bertz CT molecular complexity index is 170. The summed E-state index contributed by atoms with van der Waals surface area (Å²) in [4.78, 5) is 11.1. The third-order valence-electron chi connectivity index (χ3n) is 1.38. The van der Waals surface area contributed by atoms with Crippen molar-refractivity contribution in [3.05, 3.63) is 0 Å². The zero-order chi connectivity index (χ0) is 11.5. The first-order valence-corrected chi connectivity index (χ1v) is 7.09. The molecule has 0 saturated heterocycles. The van der Waals surface area contributed by atoms with Crippen molar-refractivity contribution in [2.45, 2.75) is 1.93 Å². The van der Waals surface area contributed by atoms with Crippen LogP contribution in [0.3, 0.4) is 0 Å². The highest BCUT2D eigenvalue weighted by Gasteiger charge is 2.07. The third-order valence-corrected chi connectivity index (χ3v) is 2.51. The summed E-state index contributed by atoms with van der Waals surface area (Å²) in [5, 5.41) is 2.74. The summed E-state index contributed by atoms with van der Waals surface area (Å²) < 4.78 is 10.3. The molecule has 0 atom stereocenters. The van der Waals surface area contributed by atoms with Crippen LogP contribution in [-0.2, 0) is 14.3 Å². The molecule has 90 valence electrons. The van der Waals surface area contributed by atoms with Crippen LogP contribution in [-0.4, -0.2) is 47.4 Å². The smallest absolute Gasteiger partial charge is 0.243 e. The van der Waals surface area contributed by atoms with E-state index in [1.807, 2.05) is 0 Å². The number of hydrogen-bond acceptors (Lipinski definition) is 4. The molecule has 0 spiro atoms. The van der Waals surface area contributed by atoms with E-state index in [-0.39, 0.29) is 7.84 Å². The first-order valence-electron chi connectivity index (χ1n) is 4.60. The van der Waals surface area contributed by atoms with Gasteiger partial charge in [-0.25, -0.2) is 0 Å². The summed E-state index contributed by atoms with van der Waals surface area (Å²) in [6, 6.07) is 0. The molecule has 7 heteroatoms. The summed E-state index contributed by atoms with van der Waals surface area (Å²) in [5.41, 5.74) is 5.24. The van der Waals surface area contributed by atoms with E-state index in [1.165, 1.54) is 0 Å². The lowest BCUT2D eigenvalue weighted by atomic mass is 10.6. The van der Waals surface area contributed by atoms with Crippen LogP contribution in [0.4, 0.5) is 0 Å². The largest absolute Gasteiger partial charge is 0.378 e. The SMILES string of the molecule is NCCOCCOCCNC(=O)C(I)I. The molecular formula is C8H16I2N2O3. The monoisotopic (exact) mass is 442 g/mol. The van der Waals surface area contributed by atoms with Crippen molar-refractivity contribution in [1.29, 1.82) is 0 Å². The van der Waals surface area contributed by atoms with E-state index in [0.717, 1.165) is 0 Å². The topological polar surface area (TPSA) is 73.6 Å².